The molecule has 0 spiro atoms. The van der Waals surface area contributed by atoms with E-state index in [1.54, 1.807) is 7.11 Å². The lowest BCUT2D eigenvalue weighted by atomic mass is 10.2. The lowest BCUT2D eigenvalue weighted by Gasteiger charge is -2.21. The Morgan fingerprint density at radius 2 is 1.93 bits per heavy atom. The SMILES string of the molecule is CCOc1ccc(CN(CC)CC(=O)Nc2ccc(C)cc2Br)cc1OC. The lowest BCUT2D eigenvalue weighted by Crippen LogP contribution is -2.32. The van der Waals surface area contributed by atoms with Gasteiger partial charge in [0.15, 0.2) is 11.5 Å². The Hall–Kier alpha value is -2.05. The first-order valence-electron chi connectivity index (χ1n) is 9.04. The summed E-state index contributed by atoms with van der Waals surface area (Å²) in [6.07, 6.45) is 0. The standard InChI is InChI=1S/C21H27BrN2O3/c1-5-24(13-16-8-10-19(27-6-2)20(12-16)26-4)14-21(25)23-18-9-7-15(3)11-17(18)22/h7-12H,5-6,13-14H2,1-4H3,(H,23,25). The van der Waals surface area contributed by atoms with E-state index in [1.165, 1.54) is 0 Å². The van der Waals surface area contributed by atoms with Gasteiger partial charge >= 0.3 is 0 Å². The molecular weight excluding hydrogens is 408 g/mol. The first-order valence-corrected chi connectivity index (χ1v) is 9.84. The minimum Gasteiger partial charge on any atom is -0.493 e. The van der Waals surface area contributed by atoms with E-state index in [0.717, 1.165) is 33.6 Å². The predicted octanol–water partition coefficient (Wildman–Crippen LogP) is 4.63. The van der Waals surface area contributed by atoms with Crippen LogP contribution in [0.2, 0.25) is 0 Å². The number of carbonyl (C=O) groups excluding carboxylic acids is 1. The van der Waals surface area contributed by atoms with Crippen molar-refractivity contribution in [3.8, 4) is 11.5 Å². The van der Waals surface area contributed by atoms with E-state index < -0.39 is 0 Å². The Bertz CT molecular complexity index is 780. The molecule has 0 aromatic heterocycles. The van der Waals surface area contributed by atoms with Crippen molar-refractivity contribution in [3.63, 3.8) is 0 Å². The van der Waals surface area contributed by atoms with Gasteiger partial charge in [0.25, 0.3) is 0 Å². The fraction of sp³-hybridized carbons (Fsp3) is 0.381. The van der Waals surface area contributed by atoms with Gasteiger partial charge in [-0.15, -0.1) is 0 Å². The van der Waals surface area contributed by atoms with E-state index in [-0.39, 0.29) is 5.91 Å². The number of nitrogens with zero attached hydrogens (tertiary/aromatic N) is 1. The largest absolute Gasteiger partial charge is 0.493 e. The van der Waals surface area contributed by atoms with E-state index in [2.05, 4.69) is 26.1 Å². The second-order valence-corrected chi connectivity index (χ2v) is 7.11. The van der Waals surface area contributed by atoms with E-state index >= 15 is 0 Å². The van der Waals surface area contributed by atoms with Crippen molar-refractivity contribution in [3.05, 3.63) is 52.0 Å². The minimum atomic E-state index is -0.0423. The highest BCUT2D eigenvalue weighted by atomic mass is 79.9. The third-order valence-corrected chi connectivity index (χ3v) is 4.80. The maximum absolute atomic E-state index is 12.5. The Morgan fingerprint density at radius 1 is 1.15 bits per heavy atom. The van der Waals surface area contributed by atoms with Crippen molar-refractivity contribution in [1.29, 1.82) is 0 Å². The Balaban J connectivity index is 2.01. The van der Waals surface area contributed by atoms with Crippen LogP contribution in [0.3, 0.4) is 0 Å². The molecule has 0 saturated heterocycles. The Labute approximate surface area is 169 Å². The minimum absolute atomic E-state index is 0.0423. The van der Waals surface area contributed by atoms with E-state index in [1.807, 2.05) is 57.2 Å². The molecule has 0 heterocycles. The van der Waals surface area contributed by atoms with Crippen LogP contribution in [0, 0.1) is 6.92 Å². The normalized spacial score (nSPS) is 10.7. The molecule has 0 aliphatic heterocycles. The zero-order chi connectivity index (χ0) is 19.8. The molecule has 0 radical (unpaired) electrons. The second kappa shape index (κ2) is 10.3. The number of hydrogen-bond acceptors (Lipinski definition) is 4. The quantitative estimate of drug-likeness (QED) is 0.624. The van der Waals surface area contributed by atoms with Crippen LogP contribution in [0.25, 0.3) is 0 Å². The molecule has 2 aromatic carbocycles. The molecule has 0 aliphatic rings. The molecule has 6 heteroatoms. The smallest absolute Gasteiger partial charge is 0.238 e. The number of ether oxygens (including phenoxy) is 2. The van der Waals surface area contributed by atoms with Crippen molar-refractivity contribution >= 4 is 27.5 Å². The van der Waals surface area contributed by atoms with Crippen molar-refractivity contribution in [2.75, 3.05) is 32.1 Å². The maximum Gasteiger partial charge on any atom is 0.238 e. The maximum atomic E-state index is 12.5. The van der Waals surface area contributed by atoms with Crippen LogP contribution in [0.15, 0.2) is 40.9 Å². The summed E-state index contributed by atoms with van der Waals surface area (Å²) >= 11 is 3.49. The molecular formula is C21H27BrN2O3. The van der Waals surface area contributed by atoms with Crippen LogP contribution in [0.5, 0.6) is 11.5 Å². The number of amides is 1. The van der Waals surface area contributed by atoms with Gasteiger partial charge in [-0.2, -0.15) is 0 Å². The number of likely N-dealkylation sites (N-methyl/N-ethyl adjacent to an activating group) is 1. The van der Waals surface area contributed by atoms with Gasteiger partial charge in [-0.3, -0.25) is 9.69 Å². The zero-order valence-electron chi connectivity index (χ0n) is 16.3. The highest BCUT2D eigenvalue weighted by molar-refractivity contribution is 9.10. The molecule has 0 fully saturated rings. The third kappa shape index (κ3) is 6.26. The number of hydrogen-bond donors (Lipinski definition) is 1. The monoisotopic (exact) mass is 434 g/mol. The summed E-state index contributed by atoms with van der Waals surface area (Å²) in [5.41, 5.74) is 2.99. The number of aryl methyl sites for hydroxylation is 1. The van der Waals surface area contributed by atoms with Crippen LogP contribution in [-0.2, 0) is 11.3 Å². The molecule has 27 heavy (non-hydrogen) atoms. The van der Waals surface area contributed by atoms with E-state index in [0.29, 0.717) is 25.4 Å². The number of methoxy groups -OCH3 is 1. The number of carbonyl (C=O) groups is 1. The van der Waals surface area contributed by atoms with Gasteiger partial charge in [-0.1, -0.05) is 19.1 Å². The first-order chi connectivity index (χ1) is 13.0. The summed E-state index contributed by atoms with van der Waals surface area (Å²) in [6.45, 7) is 8.32. The molecule has 0 saturated carbocycles. The zero-order valence-corrected chi connectivity index (χ0v) is 17.9. The average Bonchev–Trinajstić information content (AvgIpc) is 2.64. The van der Waals surface area contributed by atoms with Crippen LogP contribution in [0.1, 0.15) is 25.0 Å². The Morgan fingerprint density at radius 3 is 2.56 bits per heavy atom. The highest BCUT2D eigenvalue weighted by Gasteiger charge is 2.13. The number of benzene rings is 2. The molecule has 1 N–H and O–H groups in total. The average molecular weight is 435 g/mol. The number of anilines is 1. The molecule has 0 unspecified atom stereocenters. The fourth-order valence-corrected chi connectivity index (χ4v) is 3.33. The van der Waals surface area contributed by atoms with Gasteiger partial charge in [0.2, 0.25) is 5.91 Å². The molecule has 1 amide bonds. The first kappa shape index (κ1) is 21.3. The summed E-state index contributed by atoms with van der Waals surface area (Å²) in [7, 11) is 1.63. The van der Waals surface area contributed by atoms with Crippen molar-refractivity contribution in [2.24, 2.45) is 0 Å². The molecule has 146 valence electrons. The highest BCUT2D eigenvalue weighted by Crippen LogP contribution is 2.28. The molecule has 0 atom stereocenters. The lowest BCUT2D eigenvalue weighted by molar-refractivity contribution is -0.117. The number of rotatable bonds is 9. The van der Waals surface area contributed by atoms with Gasteiger partial charge < -0.3 is 14.8 Å². The molecule has 2 aromatic rings. The number of nitrogens with one attached hydrogen (secondary N) is 1. The van der Waals surface area contributed by atoms with Crippen LogP contribution in [0.4, 0.5) is 5.69 Å². The molecule has 2 rings (SSSR count). The summed E-state index contributed by atoms with van der Waals surface area (Å²) < 4.78 is 11.9. The van der Waals surface area contributed by atoms with Crippen LogP contribution < -0.4 is 14.8 Å². The molecule has 5 nitrogen and oxygen atoms in total. The summed E-state index contributed by atoms with van der Waals surface area (Å²) in [5.74, 6) is 1.39. The van der Waals surface area contributed by atoms with Crippen LogP contribution >= 0.6 is 15.9 Å². The second-order valence-electron chi connectivity index (χ2n) is 6.25. The summed E-state index contributed by atoms with van der Waals surface area (Å²) in [5, 5.41) is 2.96. The van der Waals surface area contributed by atoms with Crippen LogP contribution in [-0.4, -0.2) is 37.6 Å². The number of halogens is 1. The fourth-order valence-electron chi connectivity index (χ4n) is 2.74. The van der Waals surface area contributed by atoms with Crippen molar-refractivity contribution < 1.29 is 14.3 Å². The van der Waals surface area contributed by atoms with Gasteiger partial charge in [0, 0.05) is 11.0 Å². The van der Waals surface area contributed by atoms with E-state index in [9.17, 15) is 4.79 Å². The predicted molar refractivity (Wildman–Crippen MR) is 113 cm³/mol. The van der Waals surface area contributed by atoms with E-state index in [4.69, 9.17) is 9.47 Å². The van der Waals surface area contributed by atoms with Gasteiger partial charge in [-0.25, -0.2) is 0 Å². The molecule has 0 aliphatic carbocycles. The van der Waals surface area contributed by atoms with Crippen molar-refractivity contribution in [2.45, 2.75) is 27.3 Å². The molecule has 0 bridgehead atoms. The van der Waals surface area contributed by atoms with Gasteiger partial charge in [-0.05, 0) is 71.7 Å². The summed E-state index contributed by atoms with van der Waals surface area (Å²) in [6, 6.07) is 11.7. The third-order valence-electron chi connectivity index (χ3n) is 4.15. The van der Waals surface area contributed by atoms with Gasteiger partial charge in [0.05, 0.1) is 25.9 Å². The van der Waals surface area contributed by atoms with Gasteiger partial charge in [0.1, 0.15) is 0 Å². The topological polar surface area (TPSA) is 50.8 Å². The Kier molecular flexibility index (Phi) is 8.13. The van der Waals surface area contributed by atoms with Crippen molar-refractivity contribution in [1.82, 2.24) is 4.90 Å². The summed E-state index contributed by atoms with van der Waals surface area (Å²) in [4.78, 5) is 14.5.